The van der Waals surface area contributed by atoms with E-state index >= 15 is 0 Å². The number of benzene rings is 1. The predicted octanol–water partition coefficient (Wildman–Crippen LogP) is 2.56. The van der Waals surface area contributed by atoms with E-state index in [-0.39, 0.29) is 12.1 Å². The van der Waals surface area contributed by atoms with Crippen LogP contribution in [0.15, 0.2) is 28.7 Å². The number of aliphatic hydroxyl groups excluding tert-OH is 1. The summed E-state index contributed by atoms with van der Waals surface area (Å²) in [6.45, 7) is 5.85. The van der Waals surface area contributed by atoms with Gasteiger partial charge in [0.05, 0.1) is 6.10 Å². The summed E-state index contributed by atoms with van der Waals surface area (Å²) in [5, 5.41) is 13.4. The number of hydrogen-bond acceptors (Lipinski definition) is 3. The minimum Gasteiger partial charge on any atom is -0.390 e. The number of aliphatic hydroxyl groups is 1. The van der Waals surface area contributed by atoms with Gasteiger partial charge in [0.2, 0.25) is 0 Å². The van der Waals surface area contributed by atoms with Gasteiger partial charge < -0.3 is 15.3 Å². The normalized spacial score (nSPS) is 19.5. The van der Waals surface area contributed by atoms with Crippen LogP contribution < -0.4 is 5.32 Å². The molecule has 0 saturated carbocycles. The molecule has 0 radical (unpaired) electrons. The highest BCUT2D eigenvalue weighted by Gasteiger charge is 2.16. The molecule has 2 rings (SSSR count). The standard InChI is InChI=1S/C15H23BrN2O/c1-12(13-4-6-14(16)7-5-13)17-10-15(19)11-18-8-2-3-9-18/h4-7,12,15,17,19H,2-3,8-11H2,1H3/t12-,15?/m1/s1. The molecule has 2 atom stereocenters. The van der Waals surface area contributed by atoms with Crippen molar-refractivity contribution >= 4 is 15.9 Å². The largest absolute Gasteiger partial charge is 0.390 e. The highest BCUT2D eigenvalue weighted by molar-refractivity contribution is 9.10. The lowest BCUT2D eigenvalue weighted by atomic mass is 10.1. The van der Waals surface area contributed by atoms with Crippen molar-refractivity contribution < 1.29 is 5.11 Å². The molecule has 1 aromatic rings. The molecular formula is C15H23BrN2O. The zero-order valence-corrected chi connectivity index (χ0v) is 13.1. The zero-order chi connectivity index (χ0) is 13.7. The smallest absolute Gasteiger partial charge is 0.0791 e. The van der Waals surface area contributed by atoms with Crippen molar-refractivity contribution in [3.63, 3.8) is 0 Å². The first kappa shape index (κ1) is 15.0. The molecule has 4 heteroatoms. The second kappa shape index (κ2) is 7.39. The summed E-state index contributed by atoms with van der Waals surface area (Å²) in [5.74, 6) is 0. The SMILES string of the molecule is C[C@@H](NCC(O)CN1CCCC1)c1ccc(Br)cc1. The Labute approximate surface area is 124 Å². The number of likely N-dealkylation sites (tertiary alicyclic amines) is 1. The molecule has 2 N–H and O–H groups in total. The van der Waals surface area contributed by atoms with E-state index in [1.807, 2.05) is 12.1 Å². The summed E-state index contributed by atoms with van der Waals surface area (Å²) in [6.07, 6.45) is 2.27. The molecule has 1 unspecified atom stereocenters. The Morgan fingerprint density at radius 2 is 1.89 bits per heavy atom. The monoisotopic (exact) mass is 326 g/mol. The van der Waals surface area contributed by atoms with E-state index in [4.69, 9.17) is 0 Å². The Bertz CT molecular complexity index is 376. The predicted molar refractivity (Wildman–Crippen MR) is 82.2 cm³/mol. The third-order valence-electron chi connectivity index (χ3n) is 3.70. The third-order valence-corrected chi connectivity index (χ3v) is 4.23. The van der Waals surface area contributed by atoms with Crippen molar-refractivity contribution in [1.82, 2.24) is 10.2 Å². The summed E-state index contributed by atoms with van der Waals surface area (Å²) >= 11 is 3.44. The minimum absolute atomic E-state index is 0.265. The molecule has 0 aliphatic carbocycles. The van der Waals surface area contributed by atoms with Gasteiger partial charge in [0, 0.05) is 23.6 Å². The second-order valence-corrected chi connectivity index (χ2v) is 6.26. The second-order valence-electron chi connectivity index (χ2n) is 5.34. The van der Waals surface area contributed by atoms with Crippen LogP contribution in [0.3, 0.4) is 0 Å². The fourth-order valence-electron chi connectivity index (χ4n) is 2.51. The first-order valence-electron chi connectivity index (χ1n) is 7.04. The Hall–Kier alpha value is -0.420. The molecule has 1 aromatic carbocycles. The number of hydrogen-bond donors (Lipinski definition) is 2. The maximum absolute atomic E-state index is 10.0. The Morgan fingerprint density at radius 1 is 1.26 bits per heavy atom. The first-order valence-corrected chi connectivity index (χ1v) is 7.83. The molecule has 0 aromatic heterocycles. The van der Waals surface area contributed by atoms with E-state index in [0.29, 0.717) is 6.54 Å². The minimum atomic E-state index is -0.281. The average Bonchev–Trinajstić information content (AvgIpc) is 2.89. The quantitative estimate of drug-likeness (QED) is 0.843. The van der Waals surface area contributed by atoms with Gasteiger partial charge in [-0.2, -0.15) is 0 Å². The van der Waals surface area contributed by atoms with E-state index in [1.165, 1.54) is 18.4 Å². The van der Waals surface area contributed by atoms with Gasteiger partial charge in [-0.05, 0) is 50.6 Å². The molecule has 1 aliphatic heterocycles. The molecule has 1 aliphatic rings. The van der Waals surface area contributed by atoms with Crippen LogP contribution in [0.2, 0.25) is 0 Å². The van der Waals surface area contributed by atoms with Gasteiger partial charge >= 0.3 is 0 Å². The summed E-state index contributed by atoms with van der Waals surface area (Å²) in [7, 11) is 0. The number of nitrogens with zero attached hydrogens (tertiary/aromatic N) is 1. The lowest BCUT2D eigenvalue weighted by Crippen LogP contribution is -2.37. The topological polar surface area (TPSA) is 35.5 Å². The van der Waals surface area contributed by atoms with Gasteiger partial charge in [-0.3, -0.25) is 0 Å². The van der Waals surface area contributed by atoms with Crippen molar-refractivity contribution in [2.24, 2.45) is 0 Å². The van der Waals surface area contributed by atoms with Crippen LogP contribution in [0.4, 0.5) is 0 Å². The van der Waals surface area contributed by atoms with E-state index < -0.39 is 0 Å². The Morgan fingerprint density at radius 3 is 2.53 bits per heavy atom. The summed E-state index contributed by atoms with van der Waals surface area (Å²) in [5.41, 5.74) is 1.25. The van der Waals surface area contributed by atoms with Gasteiger partial charge in [0.15, 0.2) is 0 Å². The summed E-state index contributed by atoms with van der Waals surface area (Å²) in [4.78, 5) is 2.34. The van der Waals surface area contributed by atoms with Crippen molar-refractivity contribution in [3.05, 3.63) is 34.3 Å². The molecular weight excluding hydrogens is 304 g/mol. The Balaban J connectivity index is 1.73. The van der Waals surface area contributed by atoms with E-state index in [9.17, 15) is 5.11 Å². The molecule has 106 valence electrons. The number of rotatable bonds is 6. The van der Waals surface area contributed by atoms with Crippen molar-refractivity contribution in [1.29, 1.82) is 0 Å². The number of β-amino-alcohol motifs (C(OH)–C–C–N with tert-alkyl or cyclic N) is 1. The number of halogens is 1. The highest BCUT2D eigenvalue weighted by atomic mass is 79.9. The third kappa shape index (κ3) is 4.88. The van der Waals surface area contributed by atoms with Crippen LogP contribution in [0, 0.1) is 0 Å². The van der Waals surface area contributed by atoms with Gasteiger partial charge in [0.1, 0.15) is 0 Å². The maximum Gasteiger partial charge on any atom is 0.0791 e. The van der Waals surface area contributed by atoms with Crippen molar-refractivity contribution in [2.75, 3.05) is 26.2 Å². The molecule has 1 fully saturated rings. The molecule has 0 amide bonds. The average molecular weight is 327 g/mol. The highest BCUT2D eigenvalue weighted by Crippen LogP contribution is 2.16. The fraction of sp³-hybridized carbons (Fsp3) is 0.600. The van der Waals surface area contributed by atoms with Crippen LogP contribution in [0.5, 0.6) is 0 Å². The van der Waals surface area contributed by atoms with E-state index in [1.54, 1.807) is 0 Å². The van der Waals surface area contributed by atoms with Gasteiger partial charge in [-0.15, -0.1) is 0 Å². The molecule has 0 spiro atoms. The van der Waals surface area contributed by atoms with Crippen molar-refractivity contribution in [2.45, 2.75) is 31.9 Å². The van der Waals surface area contributed by atoms with Crippen LogP contribution in [-0.2, 0) is 0 Å². The summed E-state index contributed by atoms with van der Waals surface area (Å²) in [6, 6.07) is 8.58. The van der Waals surface area contributed by atoms with Gasteiger partial charge in [-0.1, -0.05) is 28.1 Å². The molecule has 1 heterocycles. The lowest BCUT2D eigenvalue weighted by molar-refractivity contribution is 0.121. The molecule has 1 saturated heterocycles. The molecule has 0 bridgehead atoms. The number of nitrogens with one attached hydrogen (secondary N) is 1. The lowest BCUT2D eigenvalue weighted by Gasteiger charge is -2.22. The van der Waals surface area contributed by atoms with Crippen LogP contribution in [0.1, 0.15) is 31.4 Å². The van der Waals surface area contributed by atoms with E-state index in [2.05, 4.69) is 45.2 Å². The summed E-state index contributed by atoms with van der Waals surface area (Å²) < 4.78 is 1.09. The van der Waals surface area contributed by atoms with Gasteiger partial charge in [0.25, 0.3) is 0 Å². The van der Waals surface area contributed by atoms with Crippen molar-refractivity contribution in [3.8, 4) is 0 Å². The molecule has 3 nitrogen and oxygen atoms in total. The zero-order valence-electron chi connectivity index (χ0n) is 11.5. The van der Waals surface area contributed by atoms with E-state index in [0.717, 1.165) is 24.1 Å². The molecule has 19 heavy (non-hydrogen) atoms. The van der Waals surface area contributed by atoms with Crippen LogP contribution in [-0.4, -0.2) is 42.3 Å². The van der Waals surface area contributed by atoms with Crippen LogP contribution >= 0.6 is 15.9 Å². The maximum atomic E-state index is 10.0. The first-order chi connectivity index (χ1) is 9.15. The fourth-order valence-corrected chi connectivity index (χ4v) is 2.77. The Kier molecular flexibility index (Phi) is 5.82. The van der Waals surface area contributed by atoms with Crippen LogP contribution in [0.25, 0.3) is 0 Å². The van der Waals surface area contributed by atoms with Gasteiger partial charge in [-0.25, -0.2) is 0 Å².